The molecule has 0 saturated heterocycles. The predicted octanol–water partition coefficient (Wildman–Crippen LogP) is 7.91. The van der Waals surface area contributed by atoms with Crippen LogP contribution in [-0.2, 0) is 0 Å². The summed E-state index contributed by atoms with van der Waals surface area (Å²) in [5.41, 5.74) is 0. The van der Waals surface area contributed by atoms with Crippen molar-refractivity contribution in [1.29, 1.82) is 0 Å². The first-order chi connectivity index (χ1) is 15.4. The summed E-state index contributed by atoms with van der Waals surface area (Å²) in [5, 5.41) is 0. The van der Waals surface area contributed by atoms with Gasteiger partial charge in [0.25, 0.3) is 0 Å². The van der Waals surface area contributed by atoms with Crippen LogP contribution in [0.25, 0.3) is 0 Å². The van der Waals surface area contributed by atoms with Crippen LogP contribution >= 0.6 is 17.0 Å². The van der Waals surface area contributed by atoms with Crippen molar-refractivity contribution in [2.24, 2.45) is 0 Å². The Morgan fingerprint density at radius 2 is 0.387 bits per heavy atom. The average molecular weight is 512 g/mol. The van der Waals surface area contributed by atoms with Gasteiger partial charge in [-0.1, -0.05) is 0 Å². The molecule has 0 spiro atoms. The molecule has 5 rings (SSSR count). The van der Waals surface area contributed by atoms with E-state index in [1.807, 2.05) is 0 Å². The molecule has 5 aromatic rings. The second kappa shape index (κ2) is 8.16. The molecule has 0 bridgehead atoms. The van der Waals surface area contributed by atoms with Crippen LogP contribution in [0.1, 0.15) is 0 Å². The van der Waals surface area contributed by atoms with E-state index in [4.69, 9.17) is 0 Å². The molecular weight excluding hydrogens is 487 g/mol. The normalized spacial score (nSPS) is 12.6. The summed E-state index contributed by atoms with van der Waals surface area (Å²) < 4.78 is 7.03. The second-order valence-corrected chi connectivity index (χ2v) is 19.0. The quantitative estimate of drug-likeness (QED) is 0.210. The van der Waals surface area contributed by atoms with Gasteiger partial charge in [-0.25, -0.2) is 0 Å². The number of hydrogen-bond acceptors (Lipinski definition) is 0. The first-order valence-electron chi connectivity index (χ1n) is 10.5. The zero-order chi connectivity index (χ0) is 21.0. The van der Waals surface area contributed by atoms with E-state index < -0.39 is 17.0 Å². The van der Waals surface area contributed by atoms with Crippen LogP contribution in [0.4, 0.5) is 0 Å². The zero-order valence-corrected chi connectivity index (χ0v) is 19.5. The van der Waals surface area contributed by atoms with E-state index >= 15 is 0 Å². The molecule has 1 heteroatoms. The first kappa shape index (κ1) is 19.8. The average Bonchev–Trinajstić information content (AvgIpc) is 2.88. The van der Waals surface area contributed by atoms with Gasteiger partial charge in [-0.3, -0.25) is 0 Å². The van der Waals surface area contributed by atoms with Gasteiger partial charge in [0.1, 0.15) is 0 Å². The Morgan fingerprint density at radius 3 is 0.548 bits per heavy atom. The van der Waals surface area contributed by atoms with E-state index in [0.717, 1.165) is 0 Å². The third-order valence-electron chi connectivity index (χ3n) is 5.85. The molecule has 0 fully saturated rings. The molecule has 0 nitrogen and oxygen atoms in total. The first-order valence-corrected chi connectivity index (χ1v) is 15.9. The molecule has 0 unspecified atom stereocenters. The molecular formula is C30H25I. The maximum atomic E-state index is 2.34. The van der Waals surface area contributed by atoms with Crippen molar-refractivity contribution in [3.8, 4) is 0 Å². The zero-order valence-electron chi connectivity index (χ0n) is 17.3. The minimum absolute atomic E-state index is 1.41. The Balaban J connectivity index is 2.14. The van der Waals surface area contributed by atoms with E-state index in [-0.39, 0.29) is 0 Å². The fraction of sp³-hybridized carbons (Fsp3) is 0. The summed E-state index contributed by atoms with van der Waals surface area (Å²) in [4.78, 5) is 0. The molecule has 0 aliphatic rings. The Bertz CT molecular complexity index is 1000. The van der Waals surface area contributed by atoms with Gasteiger partial charge in [0.15, 0.2) is 0 Å². The van der Waals surface area contributed by atoms with Crippen molar-refractivity contribution in [1.82, 2.24) is 0 Å². The van der Waals surface area contributed by atoms with Gasteiger partial charge in [0, 0.05) is 0 Å². The summed E-state index contributed by atoms with van der Waals surface area (Å²) in [6.07, 6.45) is 0. The van der Waals surface area contributed by atoms with E-state index in [0.29, 0.717) is 0 Å². The SMILES string of the molecule is c1ccc(I(c2ccccc2)(c2ccccc2)(c2ccccc2)c2ccccc2)cc1. The summed E-state index contributed by atoms with van der Waals surface area (Å²) in [6.45, 7) is 0. The standard InChI is InChI=1S/C30H25I/c1-6-16-26(17-7-1)31(27-18-8-2-9-19-27,28-20-10-3-11-21-28,29-22-12-4-13-23-29)30-24-14-5-15-25-30/h1-25H. The number of halogens is 1. The maximum absolute atomic E-state index is 4.18. The third-order valence-corrected chi connectivity index (χ3v) is 21.9. The molecule has 152 valence electrons. The number of hydrogen-bond donors (Lipinski definition) is 0. The van der Waals surface area contributed by atoms with Gasteiger partial charge in [0.05, 0.1) is 0 Å². The van der Waals surface area contributed by atoms with Gasteiger partial charge < -0.3 is 0 Å². The van der Waals surface area contributed by atoms with E-state index in [2.05, 4.69) is 152 Å². The topological polar surface area (TPSA) is 0 Å². The van der Waals surface area contributed by atoms with E-state index in [1.54, 1.807) is 0 Å². The van der Waals surface area contributed by atoms with Crippen molar-refractivity contribution in [3.63, 3.8) is 0 Å². The monoisotopic (exact) mass is 512 g/mol. The molecule has 0 atom stereocenters. The molecule has 0 amide bonds. The molecule has 0 aliphatic heterocycles. The van der Waals surface area contributed by atoms with Gasteiger partial charge in [-0.2, -0.15) is 0 Å². The van der Waals surface area contributed by atoms with E-state index in [1.165, 1.54) is 17.9 Å². The van der Waals surface area contributed by atoms with Crippen LogP contribution in [0, 0.1) is 17.9 Å². The molecule has 0 N–H and O–H groups in total. The second-order valence-electron chi connectivity index (χ2n) is 7.42. The van der Waals surface area contributed by atoms with Crippen LogP contribution in [0.5, 0.6) is 0 Å². The number of benzene rings is 5. The Labute approximate surface area is 185 Å². The Kier molecular flexibility index (Phi) is 5.21. The van der Waals surface area contributed by atoms with Crippen molar-refractivity contribution in [2.75, 3.05) is 0 Å². The predicted molar refractivity (Wildman–Crippen MR) is 140 cm³/mol. The van der Waals surface area contributed by atoms with Crippen molar-refractivity contribution < 1.29 is 0 Å². The van der Waals surface area contributed by atoms with Gasteiger partial charge in [-0.05, 0) is 0 Å². The molecule has 0 heterocycles. The minimum atomic E-state index is -4.18. The molecule has 31 heavy (non-hydrogen) atoms. The summed E-state index contributed by atoms with van der Waals surface area (Å²) in [6, 6.07) is 55.9. The van der Waals surface area contributed by atoms with Gasteiger partial charge in [0.2, 0.25) is 0 Å². The summed E-state index contributed by atoms with van der Waals surface area (Å²) >= 11 is -4.18. The van der Waals surface area contributed by atoms with Crippen molar-refractivity contribution in [3.05, 3.63) is 170 Å². The fourth-order valence-electron chi connectivity index (χ4n) is 4.59. The fourth-order valence-corrected chi connectivity index (χ4v) is 21.1. The third kappa shape index (κ3) is 2.80. The Hall–Kier alpha value is -3.17. The van der Waals surface area contributed by atoms with Crippen LogP contribution in [0.3, 0.4) is 0 Å². The van der Waals surface area contributed by atoms with Crippen LogP contribution in [0.15, 0.2) is 152 Å². The van der Waals surface area contributed by atoms with Crippen LogP contribution in [-0.4, -0.2) is 0 Å². The molecule has 0 aromatic heterocycles. The van der Waals surface area contributed by atoms with E-state index in [9.17, 15) is 0 Å². The van der Waals surface area contributed by atoms with Crippen LogP contribution < -0.4 is 0 Å². The van der Waals surface area contributed by atoms with Gasteiger partial charge >= 0.3 is 187 Å². The number of rotatable bonds is 5. The van der Waals surface area contributed by atoms with Gasteiger partial charge in [-0.15, -0.1) is 0 Å². The summed E-state index contributed by atoms with van der Waals surface area (Å²) in [7, 11) is 0. The van der Waals surface area contributed by atoms with Crippen molar-refractivity contribution in [2.45, 2.75) is 0 Å². The molecule has 0 radical (unpaired) electrons. The Morgan fingerprint density at radius 1 is 0.226 bits per heavy atom. The molecule has 5 aromatic carbocycles. The molecule has 0 saturated carbocycles. The van der Waals surface area contributed by atoms with Crippen molar-refractivity contribution >= 4 is 17.0 Å². The summed E-state index contributed by atoms with van der Waals surface area (Å²) in [5.74, 6) is 0. The molecule has 0 aliphatic carbocycles. The van der Waals surface area contributed by atoms with Crippen LogP contribution in [0.2, 0.25) is 0 Å².